The van der Waals surface area contributed by atoms with E-state index < -0.39 is 5.97 Å². The Morgan fingerprint density at radius 2 is 2.47 bits per heavy atom. The van der Waals surface area contributed by atoms with Crippen LogP contribution in [0.2, 0.25) is 0 Å². The van der Waals surface area contributed by atoms with E-state index in [0.29, 0.717) is 5.76 Å². The lowest BCUT2D eigenvalue weighted by molar-refractivity contribution is 0.0658. The summed E-state index contributed by atoms with van der Waals surface area (Å²) in [6, 6.07) is 3.16. The first-order valence-corrected chi connectivity index (χ1v) is 5.85. The van der Waals surface area contributed by atoms with Crippen molar-refractivity contribution in [3.05, 3.63) is 23.7 Å². The molecule has 94 valence electrons. The fourth-order valence-corrected chi connectivity index (χ4v) is 1.91. The topological polar surface area (TPSA) is 71.7 Å². The first-order chi connectivity index (χ1) is 8.16. The van der Waals surface area contributed by atoms with E-state index in [1.165, 1.54) is 6.07 Å². The van der Waals surface area contributed by atoms with Crippen LogP contribution in [-0.4, -0.2) is 30.3 Å². The molecular weight excluding hydrogens is 222 g/mol. The lowest BCUT2D eigenvalue weighted by Gasteiger charge is -2.15. The number of rotatable bonds is 5. The highest BCUT2D eigenvalue weighted by Crippen LogP contribution is 2.17. The maximum atomic E-state index is 10.7. The van der Waals surface area contributed by atoms with Crippen LogP contribution in [-0.2, 0) is 4.74 Å². The monoisotopic (exact) mass is 239 g/mol. The highest BCUT2D eigenvalue weighted by Gasteiger charge is 2.18. The number of carboxylic acids is 1. The smallest absolute Gasteiger partial charge is 0.371 e. The molecule has 2 heterocycles. The Balaban J connectivity index is 1.85. The molecule has 5 heteroatoms. The molecule has 0 saturated carbocycles. The van der Waals surface area contributed by atoms with E-state index in [4.69, 9.17) is 14.3 Å². The lowest BCUT2D eigenvalue weighted by Crippen LogP contribution is -2.28. The van der Waals surface area contributed by atoms with Gasteiger partial charge in [0.2, 0.25) is 5.76 Å². The van der Waals surface area contributed by atoms with E-state index in [-0.39, 0.29) is 17.9 Å². The predicted molar refractivity (Wildman–Crippen MR) is 61.1 cm³/mol. The summed E-state index contributed by atoms with van der Waals surface area (Å²) in [6.45, 7) is 3.55. The summed E-state index contributed by atoms with van der Waals surface area (Å²) in [7, 11) is 0. The lowest BCUT2D eigenvalue weighted by atomic mass is 10.2. The van der Waals surface area contributed by atoms with Gasteiger partial charge in [-0.1, -0.05) is 0 Å². The van der Waals surface area contributed by atoms with E-state index in [1.54, 1.807) is 6.07 Å². The maximum absolute atomic E-state index is 10.7. The minimum absolute atomic E-state index is 0.00713. The molecule has 0 bridgehead atoms. The fourth-order valence-electron chi connectivity index (χ4n) is 1.91. The average molecular weight is 239 g/mol. The van der Waals surface area contributed by atoms with Crippen molar-refractivity contribution in [1.29, 1.82) is 0 Å². The quantitative estimate of drug-likeness (QED) is 0.819. The Hall–Kier alpha value is -1.33. The Morgan fingerprint density at radius 1 is 1.65 bits per heavy atom. The molecule has 0 radical (unpaired) electrons. The predicted octanol–water partition coefficient (Wildman–Crippen LogP) is 1.81. The number of carbonyl (C=O) groups is 1. The zero-order chi connectivity index (χ0) is 12.3. The van der Waals surface area contributed by atoms with Crippen LogP contribution < -0.4 is 5.32 Å². The third-order valence-electron chi connectivity index (χ3n) is 2.94. The molecule has 1 aromatic heterocycles. The summed E-state index contributed by atoms with van der Waals surface area (Å²) >= 11 is 0. The number of nitrogens with one attached hydrogen (secondary N) is 1. The Morgan fingerprint density at radius 3 is 3.06 bits per heavy atom. The first kappa shape index (κ1) is 12.1. The Kier molecular flexibility index (Phi) is 3.81. The molecule has 0 aromatic carbocycles. The van der Waals surface area contributed by atoms with E-state index in [0.717, 1.165) is 26.0 Å². The molecule has 0 aliphatic carbocycles. The van der Waals surface area contributed by atoms with Crippen LogP contribution in [0.25, 0.3) is 0 Å². The van der Waals surface area contributed by atoms with Gasteiger partial charge in [-0.05, 0) is 31.9 Å². The van der Waals surface area contributed by atoms with Crippen LogP contribution in [0.1, 0.15) is 42.1 Å². The molecular formula is C12H17NO4. The van der Waals surface area contributed by atoms with Crippen LogP contribution in [0.3, 0.4) is 0 Å². The number of hydrogen-bond acceptors (Lipinski definition) is 4. The van der Waals surface area contributed by atoms with Crippen molar-refractivity contribution in [2.75, 3.05) is 13.2 Å². The Labute approximate surface area is 99.8 Å². The summed E-state index contributed by atoms with van der Waals surface area (Å²) in [5, 5.41) is 12.0. The number of furan rings is 1. The van der Waals surface area contributed by atoms with Gasteiger partial charge in [0, 0.05) is 13.2 Å². The number of aromatic carboxylic acids is 1. The molecule has 0 spiro atoms. The maximum Gasteiger partial charge on any atom is 0.371 e. The van der Waals surface area contributed by atoms with Crippen molar-refractivity contribution in [2.24, 2.45) is 0 Å². The second kappa shape index (κ2) is 5.33. The van der Waals surface area contributed by atoms with Crippen LogP contribution in [0.4, 0.5) is 0 Å². The third-order valence-corrected chi connectivity index (χ3v) is 2.94. The molecule has 5 nitrogen and oxygen atoms in total. The van der Waals surface area contributed by atoms with E-state index in [1.807, 2.05) is 6.92 Å². The van der Waals surface area contributed by atoms with Crippen molar-refractivity contribution >= 4 is 5.97 Å². The summed E-state index contributed by atoms with van der Waals surface area (Å²) < 4.78 is 10.7. The summed E-state index contributed by atoms with van der Waals surface area (Å²) in [5.41, 5.74) is 0. The van der Waals surface area contributed by atoms with E-state index in [9.17, 15) is 4.79 Å². The van der Waals surface area contributed by atoms with Gasteiger partial charge in [-0.15, -0.1) is 0 Å². The molecule has 2 rings (SSSR count). The summed E-state index contributed by atoms with van der Waals surface area (Å²) in [6.07, 6.45) is 2.47. The van der Waals surface area contributed by atoms with Gasteiger partial charge in [-0.25, -0.2) is 4.79 Å². The van der Waals surface area contributed by atoms with Crippen molar-refractivity contribution in [3.63, 3.8) is 0 Å². The van der Waals surface area contributed by atoms with Crippen molar-refractivity contribution in [3.8, 4) is 0 Å². The first-order valence-electron chi connectivity index (χ1n) is 5.85. The molecule has 1 aromatic rings. The molecule has 1 fully saturated rings. The minimum Gasteiger partial charge on any atom is -0.475 e. The fraction of sp³-hybridized carbons (Fsp3) is 0.583. The largest absolute Gasteiger partial charge is 0.475 e. The van der Waals surface area contributed by atoms with Crippen LogP contribution in [0.5, 0.6) is 0 Å². The molecule has 1 aliphatic rings. The number of carboxylic acid groups (broad SMARTS) is 1. The second-order valence-corrected chi connectivity index (χ2v) is 4.27. The van der Waals surface area contributed by atoms with Crippen molar-refractivity contribution < 1.29 is 19.1 Å². The molecule has 17 heavy (non-hydrogen) atoms. The summed E-state index contributed by atoms with van der Waals surface area (Å²) in [5.74, 6) is -0.422. The van der Waals surface area contributed by atoms with Crippen molar-refractivity contribution in [2.45, 2.75) is 31.9 Å². The van der Waals surface area contributed by atoms with Crippen LogP contribution in [0, 0.1) is 0 Å². The van der Waals surface area contributed by atoms with Gasteiger partial charge >= 0.3 is 5.97 Å². The van der Waals surface area contributed by atoms with Gasteiger partial charge in [0.25, 0.3) is 0 Å². The molecule has 1 saturated heterocycles. The van der Waals surface area contributed by atoms with Gasteiger partial charge in [0.05, 0.1) is 12.1 Å². The minimum atomic E-state index is -1.04. The van der Waals surface area contributed by atoms with Gasteiger partial charge in [-0.3, -0.25) is 0 Å². The van der Waals surface area contributed by atoms with Crippen LogP contribution >= 0.6 is 0 Å². The van der Waals surface area contributed by atoms with Gasteiger partial charge in [0.1, 0.15) is 5.76 Å². The molecule has 2 unspecified atom stereocenters. The number of hydrogen-bond donors (Lipinski definition) is 2. The van der Waals surface area contributed by atoms with Crippen molar-refractivity contribution in [1.82, 2.24) is 5.32 Å². The summed E-state index contributed by atoms with van der Waals surface area (Å²) in [4.78, 5) is 10.7. The SMILES string of the molecule is CC(NCC1CCCO1)c1ccc(C(=O)O)o1. The molecule has 1 aliphatic heterocycles. The molecule has 2 N–H and O–H groups in total. The van der Waals surface area contributed by atoms with E-state index in [2.05, 4.69) is 5.32 Å². The standard InChI is InChI=1S/C12H17NO4/c1-8(13-7-9-3-2-6-16-9)10-4-5-11(17-10)12(14)15/h4-5,8-9,13H,2-3,6-7H2,1H3,(H,14,15). The average Bonchev–Trinajstić information content (AvgIpc) is 2.96. The van der Waals surface area contributed by atoms with Crippen LogP contribution in [0.15, 0.2) is 16.5 Å². The molecule has 0 amide bonds. The van der Waals surface area contributed by atoms with E-state index >= 15 is 0 Å². The van der Waals surface area contributed by atoms with Gasteiger partial charge in [-0.2, -0.15) is 0 Å². The molecule has 2 atom stereocenters. The second-order valence-electron chi connectivity index (χ2n) is 4.27. The normalized spacial score (nSPS) is 21.6. The van der Waals surface area contributed by atoms with Gasteiger partial charge in [0.15, 0.2) is 0 Å². The third kappa shape index (κ3) is 3.08. The van der Waals surface area contributed by atoms with Gasteiger partial charge < -0.3 is 19.6 Å². The zero-order valence-corrected chi connectivity index (χ0v) is 9.81. The highest BCUT2D eigenvalue weighted by atomic mass is 16.5. The Bertz CT molecular complexity index is 382. The highest BCUT2D eigenvalue weighted by molar-refractivity contribution is 5.84. The zero-order valence-electron chi connectivity index (χ0n) is 9.81. The number of ether oxygens (including phenoxy) is 1.